The van der Waals surface area contributed by atoms with Crippen LogP contribution in [-0.4, -0.2) is 24.6 Å². The van der Waals surface area contributed by atoms with Crippen molar-refractivity contribution in [1.82, 2.24) is 5.32 Å². The molecule has 0 saturated heterocycles. The van der Waals surface area contributed by atoms with Gasteiger partial charge in [0.25, 0.3) is 0 Å². The molecular formula is C15H25ClN2O2. The first-order chi connectivity index (χ1) is 8.84. The Hall–Kier alpha value is -1.26. The summed E-state index contributed by atoms with van der Waals surface area (Å²) in [4.78, 5) is 11.7. The van der Waals surface area contributed by atoms with E-state index in [2.05, 4.69) is 12.2 Å². The van der Waals surface area contributed by atoms with Crippen molar-refractivity contribution in [2.45, 2.75) is 39.7 Å². The third kappa shape index (κ3) is 6.26. The SMILES string of the molecule is Cc1ccc(OCCC(=O)NC(C)(C)CN)cc1C.Cl. The van der Waals surface area contributed by atoms with E-state index in [1.807, 2.05) is 39.0 Å². The van der Waals surface area contributed by atoms with Gasteiger partial charge in [-0.2, -0.15) is 0 Å². The van der Waals surface area contributed by atoms with Crippen LogP contribution in [0.25, 0.3) is 0 Å². The molecule has 0 atom stereocenters. The average molecular weight is 301 g/mol. The van der Waals surface area contributed by atoms with Crippen LogP contribution in [-0.2, 0) is 4.79 Å². The molecule has 1 rings (SSSR count). The van der Waals surface area contributed by atoms with Crippen LogP contribution >= 0.6 is 12.4 Å². The molecule has 0 fully saturated rings. The maximum atomic E-state index is 11.7. The predicted molar refractivity (Wildman–Crippen MR) is 84.6 cm³/mol. The molecule has 114 valence electrons. The molecule has 4 nitrogen and oxygen atoms in total. The van der Waals surface area contributed by atoms with E-state index in [4.69, 9.17) is 10.5 Å². The lowest BCUT2D eigenvalue weighted by atomic mass is 10.1. The fourth-order valence-electron chi connectivity index (χ4n) is 1.56. The summed E-state index contributed by atoms with van der Waals surface area (Å²) < 4.78 is 5.57. The van der Waals surface area contributed by atoms with Gasteiger partial charge in [0.15, 0.2) is 0 Å². The van der Waals surface area contributed by atoms with Gasteiger partial charge in [0.2, 0.25) is 5.91 Å². The number of nitrogens with two attached hydrogens (primary N) is 1. The zero-order valence-electron chi connectivity index (χ0n) is 12.7. The zero-order chi connectivity index (χ0) is 14.5. The highest BCUT2D eigenvalue weighted by Crippen LogP contribution is 2.16. The van der Waals surface area contributed by atoms with Crippen molar-refractivity contribution < 1.29 is 9.53 Å². The molecule has 5 heteroatoms. The van der Waals surface area contributed by atoms with Gasteiger partial charge in [0, 0.05) is 12.1 Å². The smallest absolute Gasteiger partial charge is 0.223 e. The molecule has 0 aliphatic rings. The number of hydrogen-bond donors (Lipinski definition) is 2. The van der Waals surface area contributed by atoms with E-state index in [1.165, 1.54) is 11.1 Å². The molecule has 0 bridgehead atoms. The summed E-state index contributed by atoms with van der Waals surface area (Å²) in [6.45, 7) is 8.68. The number of halogens is 1. The van der Waals surface area contributed by atoms with Crippen LogP contribution in [0.4, 0.5) is 0 Å². The van der Waals surface area contributed by atoms with Gasteiger partial charge in [-0.15, -0.1) is 12.4 Å². The average Bonchev–Trinajstić information content (AvgIpc) is 2.33. The van der Waals surface area contributed by atoms with Crippen molar-refractivity contribution in [1.29, 1.82) is 0 Å². The summed E-state index contributed by atoms with van der Waals surface area (Å²) in [6.07, 6.45) is 0.330. The van der Waals surface area contributed by atoms with Gasteiger partial charge in [0.1, 0.15) is 5.75 Å². The standard InChI is InChI=1S/C15H24N2O2.ClH/c1-11-5-6-13(9-12(11)2)19-8-7-14(18)17-15(3,4)10-16;/h5-6,9H,7-8,10,16H2,1-4H3,(H,17,18);1H. The molecule has 0 heterocycles. The van der Waals surface area contributed by atoms with E-state index in [-0.39, 0.29) is 23.9 Å². The van der Waals surface area contributed by atoms with E-state index in [1.54, 1.807) is 0 Å². The van der Waals surface area contributed by atoms with E-state index in [0.717, 1.165) is 5.75 Å². The number of amides is 1. The van der Waals surface area contributed by atoms with E-state index < -0.39 is 0 Å². The summed E-state index contributed by atoms with van der Waals surface area (Å²) in [6, 6.07) is 5.92. The molecule has 1 amide bonds. The number of ether oxygens (including phenoxy) is 1. The van der Waals surface area contributed by atoms with Crippen LogP contribution in [0.15, 0.2) is 18.2 Å². The van der Waals surface area contributed by atoms with Crippen LogP contribution in [0.3, 0.4) is 0 Å². The number of nitrogens with one attached hydrogen (secondary N) is 1. The van der Waals surface area contributed by atoms with Crippen molar-refractivity contribution in [3.63, 3.8) is 0 Å². The van der Waals surface area contributed by atoms with Crippen LogP contribution in [0.2, 0.25) is 0 Å². The summed E-state index contributed by atoms with van der Waals surface area (Å²) >= 11 is 0. The number of benzene rings is 1. The quantitative estimate of drug-likeness (QED) is 0.847. The molecule has 1 aromatic carbocycles. The van der Waals surface area contributed by atoms with Crippen molar-refractivity contribution >= 4 is 18.3 Å². The zero-order valence-corrected chi connectivity index (χ0v) is 13.5. The van der Waals surface area contributed by atoms with Gasteiger partial charge in [0.05, 0.1) is 13.0 Å². The topological polar surface area (TPSA) is 64.3 Å². The summed E-state index contributed by atoms with van der Waals surface area (Å²) in [5.41, 5.74) is 7.61. The van der Waals surface area contributed by atoms with Crippen molar-refractivity contribution in [2.75, 3.05) is 13.2 Å². The van der Waals surface area contributed by atoms with Gasteiger partial charge in [-0.25, -0.2) is 0 Å². The number of rotatable bonds is 6. The van der Waals surface area contributed by atoms with E-state index in [9.17, 15) is 4.79 Å². The van der Waals surface area contributed by atoms with Gasteiger partial charge in [-0.3, -0.25) is 4.79 Å². The highest BCUT2D eigenvalue weighted by atomic mass is 35.5. The highest BCUT2D eigenvalue weighted by Gasteiger charge is 2.17. The predicted octanol–water partition coefficient (Wildman–Crippen LogP) is 2.35. The Morgan fingerprint density at radius 1 is 1.30 bits per heavy atom. The number of aryl methyl sites for hydroxylation is 2. The monoisotopic (exact) mass is 300 g/mol. The lowest BCUT2D eigenvalue weighted by Crippen LogP contribution is -2.49. The Kier molecular flexibility index (Phi) is 7.61. The molecule has 0 unspecified atom stereocenters. The maximum Gasteiger partial charge on any atom is 0.223 e. The molecule has 0 spiro atoms. The third-order valence-electron chi connectivity index (χ3n) is 3.06. The highest BCUT2D eigenvalue weighted by molar-refractivity contribution is 5.85. The molecule has 3 N–H and O–H groups in total. The molecule has 0 aliphatic carbocycles. The van der Waals surface area contributed by atoms with Gasteiger partial charge >= 0.3 is 0 Å². The Bertz CT molecular complexity index is 447. The van der Waals surface area contributed by atoms with Gasteiger partial charge in [-0.1, -0.05) is 6.07 Å². The number of carbonyl (C=O) groups is 1. The molecule has 1 aromatic rings. The Morgan fingerprint density at radius 2 is 1.95 bits per heavy atom. The van der Waals surface area contributed by atoms with Crippen LogP contribution < -0.4 is 15.8 Å². The Morgan fingerprint density at radius 3 is 2.50 bits per heavy atom. The minimum absolute atomic E-state index is 0. The lowest BCUT2D eigenvalue weighted by Gasteiger charge is -2.24. The molecule has 0 aromatic heterocycles. The second-order valence-electron chi connectivity index (χ2n) is 5.48. The summed E-state index contributed by atoms with van der Waals surface area (Å²) in [5, 5.41) is 2.87. The number of hydrogen-bond acceptors (Lipinski definition) is 3. The fraction of sp³-hybridized carbons (Fsp3) is 0.533. The van der Waals surface area contributed by atoms with Crippen LogP contribution in [0, 0.1) is 13.8 Å². The van der Waals surface area contributed by atoms with Crippen molar-refractivity contribution in [2.24, 2.45) is 5.73 Å². The van der Waals surface area contributed by atoms with Gasteiger partial charge < -0.3 is 15.8 Å². The Balaban J connectivity index is 0.00000361. The van der Waals surface area contributed by atoms with Gasteiger partial charge in [-0.05, 0) is 51.0 Å². The third-order valence-corrected chi connectivity index (χ3v) is 3.06. The Labute approximate surface area is 127 Å². The molecule has 20 heavy (non-hydrogen) atoms. The molecule has 0 aliphatic heterocycles. The molecule has 0 saturated carbocycles. The van der Waals surface area contributed by atoms with Crippen molar-refractivity contribution in [3.8, 4) is 5.75 Å². The van der Waals surface area contributed by atoms with Crippen LogP contribution in [0.1, 0.15) is 31.4 Å². The fourth-order valence-corrected chi connectivity index (χ4v) is 1.56. The first-order valence-corrected chi connectivity index (χ1v) is 6.55. The first-order valence-electron chi connectivity index (χ1n) is 6.55. The maximum absolute atomic E-state index is 11.7. The molecule has 0 radical (unpaired) electrons. The molecular weight excluding hydrogens is 276 g/mol. The second kappa shape index (κ2) is 8.12. The van der Waals surface area contributed by atoms with Crippen LogP contribution in [0.5, 0.6) is 5.75 Å². The minimum Gasteiger partial charge on any atom is -0.493 e. The van der Waals surface area contributed by atoms with E-state index >= 15 is 0 Å². The number of carbonyl (C=O) groups excluding carboxylic acids is 1. The largest absolute Gasteiger partial charge is 0.493 e. The lowest BCUT2D eigenvalue weighted by molar-refractivity contribution is -0.123. The summed E-state index contributed by atoms with van der Waals surface area (Å²) in [7, 11) is 0. The van der Waals surface area contributed by atoms with E-state index in [0.29, 0.717) is 19.6 Å². The first kappa shape index (κ1) is 18.7. The minimum atomic E-state index is -0.364. The second-order valence-corrected chi connectivity index (χ2v) is 5.48. The summed E-state index contributed by atoms with van der Waals surface area (Å²) in [5.74, 6) is 0.758. The normalized spacial score (nSPS) is 10.7. The van der Waals surface area contributed by atoms with Crippen molar-refractivity contribution in [3.05, 3.63) is 29.3 Å².